The van der Waals surface area contributed by atoms with Crippen LogP contribution < -0.4 is 5.32 Å². The van der Waals surface area contributed by atoms with Crippen molar-refractivity contribution in [2.45, 2.75) is 45.6 Å². The average molecular weight is 247 g/mol. The monoisotopic (exact) mass is 247 g/mol. The van der Waals surface area contributed by atoms with Crippen molar-refractivity contribution >= 4 is 11.6 Å². The maximum Gasteiger partial charge on any atom is 0.226 e. The summed E-state index contributed by atoms with van der Waals surface area (Å²) >= 11 is 0. The molecule has 1 aromatic rings. The second-order valence-corrected chi connectivity index (χ2v) is 5.05. The Labute approximate surface area is 109 Å². The summed E-state index contributed by atoms with van der Waals surface area (Å²) < 4.78 is 5.36. The maximum atomic E-state index is 11.7. The largest absolute Gasteiger partial charge is 0.378 e. The smallest absolute Gasteiger partial charge is 0.226 e. The van der Waals surface area contributed by atoms with E-state index in [1.807, 2.05) is 19.9 Å². The van der Waals surface area contributed by atoms with Crippen LogP contribution in [0.3, 0.4) is 0 Å². The Morgan fingerprint density at radius 3 is 2.89 bits per heavy atom. The van der Waals surface area contributed by atoms with Crippen molar-refractivity contribution in [2.75, 3.05) is 11.9 Å². The molecule has 3 heteroatoms. The number of anilines is 1. The lowest BCUT2D eigenvalue weighted by Crippen LogP contribution is -2.15. The Morgan fingerprint density at radius 2 is 2.11 bits per heavy atom. The third kappa shape index (κ3) is 3.57. The van der Waals surface area contributed by atoms with Crippen molar-refractivity contribution in [1.82, 2.24) is 0 Å². The molecule has 0 saturated carbocycles. The van der Waals surface area contributed by atoms with Crippen molar-refractivity contribution in [2.24, 2.45) is 0 Å². The Bertz CT molecular complexity index is 427. The molecule has 0 fully saturated rings. The van der Waals surface area contributed by atoms with Gasteiger partial charge in [-0.2, -0.15) is 0 Å². The van der Waals surface area contributed by atoms with E-state index in [2.05, 4.69) is 17.4 Å². The molecule has 0 aromatic heterocycles. The topological polar surface area (TPSA) is 38.3 Å². The Morgan fingerprint density at radius 1 is 1.33 bits per heavy atom. The number of carbonyl (C=O) groups excluding carboxylic acids is 1. The number of carbonyl (C=O) groups is 1. The van der Waals surface area contributed by atoms with Gasteiger partial charge in [-0.05, 0) is 56.4 Å². The summed E-state index contributed by atoms with van der Waals surface area (Å²) in [6.45, 7) is 4.42. The van der Waals surface area contributed by atoms with Gasteiger partial charge >= 0.3 is 0 Å². The fourth-order valence-corrected chi connectivity index (χ4v) is 2.26. The van der Waals surface area contributed by atoms with Crippen LogP contribution in [0.25, 0.3) is 0 Å². The van der Waals surface area contributed by atoms with Gasteiger partial charge in [0.15, 0.2) is 0 Å². The van der Waals surface area contributed by atoms with E-state index in [4.69, 9.17) is 4.74 Å². The molecule has 0 unspecified atom stereocenters. The van der Waals surface area contributed by atoms with E-state index < -0.39 is 0 Å². The first kappa shape index (κ1) is 13.1. The van der Waals surface area contributed by atoms with Crippen LogP contribution in [-0.2, 0) is 22.4 Å². The van der Waals surface area contributed by atoms with Gasteiger partial charge in [-0.3, -0.25) is 4.79 Å². The first-order chi connectivity index (χ1) is 8.65. The number of hydrogen-bond donors (Lipinski definition) is 1. The number of aryl methyl sites for hydroxylation is 2. The molecule has 1 N–H and O–H groups in total. The first-order valence-corrected chi connectivity index (χ1v) is 6.68. The highest BCUT2D eigenvalue weighted by molar-refractivity contribution is 5.90. The normalized spacial score (nSPS) is 13.7. The van der Waals surface area contributed by atoms with Crippen molar-refractivity contribution in [3.63, 3.8) is 0 Å². The summed E-state index contributed by atoms with van der Waals surface area (Å²) in [5.74, 6) is 0.0218. The van der Waals surface area contributed by atoms with Crippen LogP contribution in [-0.4, -0.2) is 18.6 Å². The van der Waals surface area contributed by atoms with Gasteiger partial charge in [0, 0.05) is 5.69 Å². The van der Waals surface area contributed by atoms with Crippen molar-refractivity contribution in [1.29, 1.82) is 0 Å². The molecule has 3 nitrogen and oxygen atoms in total. The van der Waals surface area contributed by atoms with E-state index in [0.717, 1.165) is 12.1 Å². The molecule has 0 saturated heterocycles. The quantitative estimate of drug-likeness (QED) is 0.868. The molecule has 98 valence electrons. The van der Waals surface area contributed by atoms with Crippen LogP contribution >= 0.6 is 0 Å². The summed E-state index contributed by atoms with van der Waals surface area (Å²) in [6, 6.07) is 6.22. The van der Waals surface area contributed by atoms with Crippen LogP contribution in [0.15, 0.2) is 18.2 Å². The SMILES string of the molecule is CC(C)OCCC(=O)Nc1ccc2c(c1)CCC2. The van der Waals surface area contributed by atoms with Gasteiger partial charge in [-0.15, -0.1) is 0 Å². The molecular formula is C15H21NO2. The summed E-state index contributed by atoms with van der Waals surface area (Å²) in [5.41, 5.74) is 3.72. The van der Waals surface area contributed by atoms with Gasteiger partial charge in [0.1, 0.15) is 0 Å². The summed E-state index contributed by atoms with van der Waals surface area (Å²) in [6.07, 6.45) is 4.13. The molecule has 18 heavy (non-hydrogen) atoms. The summed E-state index contributed by atoms with van der Waals surface area (Å²) in [4.78, 5) is 11.7. The zero-order valence-electron chi connectivity index (χ0n) is 11.2. The van der Waals surface area contributed by atoms with Crippen molar-refractivity contribution in [3.05, 3.63) is 29.3 Å². The minimum atomic E-state index is 0.0218. The van der Waals surface area contributed by atoms with Gasteiger partial charge in [-0.1, -0.05) is 6.07 Å². The third-order valence-corrected chi connectivity index (χ3v) is 3.16. The average Bonchev–Trinajstić information content (AvgIpc) is 2.75. The van der Waals surface area contributed by atoms with Gasteiger partial charge in [0.2, 0.25) is 5.91 Å². The summed E-state index contributed by atoms with van der Waals surface area (Å²) in [7, 11) is 0. The van der Waals surface area contributed by atoms with Crippen LogP contribution in [0.2, 0.25) is 0 Å². The number of benzene rings is 1. The third-order valence-electron chi connectivity index (χ3n) is 3.16. The Hall–Kier alpha value is -1.35. The number of hydrogen-bond acceptors (Lipinski definition) is 2. The zero-order chi connectivity index (χ0) is 13.0. The minimum Gasteiger partial charge on any atom is -0.378 e. The number of fused-ring (bicyclic) bond motifs is 1. The van der Waals surface area contributed by atoms with Crippen LogP contribution in [0, 0.1) is 0 Å². The molecular weight excluding hydrogens is 226 g/mol. The van der Waals surface area contributed by atoms with Gasteiger partial charge in [0.05, 0.1) is 19.1 Å². The molecule has 1 aliphatic rings. The van der Waals surface area contributed by atoms with E-state index in [-0.39, 0.29) is 12.0 Å². The van der Waals surface area contributed by atoms with Gasteiger partial charge < -0.3 is 10.1 Å². The molecule has 0 bridgehead atoms. The molecule has 1 amide bonds. The highest BCUT2D eigenvalue weighted by Gasteiger charge is 2.11. The van der Waals surface area contributed by atoms with E-state index in [1.54, 1.807) is 0 Å². The fourth-order valence-electron chi connectivity index (χ4n) is 2.26. The zero-order valence-corrected chi connectivity index (χ0v) is 11.2. The van der Waals surface area contributed by atoms with Crippen LogP contribution in [0.4, 0.5) is 5.69 Å². The van der Waals surface area contributed by atoms with Crippen molar-refractivity contribution < 1.29 is 9.53 Å². The summed E-state index contributed by atoms with van der Waals surface area (Å²) in [5, 5.41) is 2.93. The molecule has 0 heterocycles. The molecule has 0 spiro atoms. The number of amides is 1. The molecule has 1 aromatic carbocycles. The van der Waals surface area contributed by atoms with E-state index in [9.17, 15) is 4.79 Å². The lowest BCUT2D eigenvalue weighted by molar-refractivity contribution is -0.117. The predicted molar refractivity (Wildman–Crippen MR) is 72.8 cm³/mol. The molecule has 2 rings (SSSR count). The highest BCUT2D eigenvalue weighted by Crippen LogP contribution is 2.24. The molecule has 1 aliphatic carbocycles. The number of nitrogens with one attached hydrogen (secondary N) is 1. The highest BCUT2D eigenvalue weighted by atomic mass is 16.5. The molecule has 0 radical (unpaired) electrons. The lowest BCUT2D eigenvalue weighted by atomic mass is 10.1. The second-order valence-electron chi connectivity index (χ2n) is 5.05. The molecule has 0 atom stereocenters. The van der Waals surface area contributed by atoms with Crippen molar-refractivity contribution in [3.8, 4) is 0 Å². The standard InChI is InChI=1S/C15H21NO2/c1-11(2)18-9-8-15(17)16-14-7-6-12-4-3-5-13(12)10-14/h6-7,10-11H,3-5,8-9H2,1-2H3,(H,16,17). The first-order valence-electron chi connectivity index (χ1n) is 6.68. The lowest BCUT2D eigenvalue weighted by Gasteiger charge is -2.09. The van der Waals surface area contributed by atoms with E-state index in [0.29, 0.717) is 13.0 Å². The van der Waals surface area contributed by atoms with E-state index >= 15 is 0 Å². The van der Waals surface area contributed by atoms with Gasteiger partial charge in [-0.25, -0.2) is 0 Å². The maximum absolute atomic E-state index is 11.7. The Kier molecular flexibility index (Phi) is 4.37. The fraction of sp³-hybridized carbons (Fsp3) is 0.533. The van der Waals surface area contributed by atoms with Crippen LogP contribution in [0.1, 0.15) is 37.8 Å². The van der Waals surface area contributed by atoms with Gasteiger partial charge in [0.25, 0.3) is 0 Å². The Balaban J connectivity index is 1.84. The minimum absolute atomic E-state index is 0.0218. The second kappa shape index (κ2) is 6.01. The predicted octanol–water partition coefficient (Wildman–Crippen LogP) is 2.93. The van der Waals surface area contributed by atoms with Crippen LogP contribution in [0.5, 0.6) is 0 Å². The number of rotatable bonds is 5. The molecule has 0 aliphatic heterocycles. The number of ether oxygens (including phenoxy) is 1. The van der Waals surface area contributed by atoms with E-state index in [1.165, 1.54) is 24.0 Å².